The van der Waals surface area contributed by atoms with Crippen LogP contribution < -0.4 is 15.9 Å². The molecule has 0 heterocycles. The van der Waals surface area contributed by atoms with Gasteiger partial charge in [-0.1, -0.05) is 0 Å². The van der Waals surface area contributed by atoms with Crippen molar-refractivity contribution in [1.29, 1.82) is 0 Å². The standard InChI is InChI=1S/C33H29O5PS/c1-37-33(34)28-17-14-24-32(25-28)40(35,36)38-39(29-18-8-3-9-19-29,30-20-10-4-11-21-30,31-22-12-5-13-23-31)26-27-15-6-2-7-16-27/h2-25H,26H2,1H3. The second kappa shape index (κ2) is 11.2. The van der Waals surface area contributed by atoms with E-state index in [2.05, 4.69) is 0 Å². The molecular weight excluding hydrogens is 539 g/mol. The Balaban J connectivity index is 1.90. The first-order valence-electron chi connectivity index (χ1n) is 12.8. The van der Waals surface area contributed by atoms with Gasteiger partial charge in [-0.25, -0.2) is 0 Å². The van der Waals surface area contributed by atoms with Crippen molar-refractivity contribution in [1.82, 2.24) is 0 Å². The van der Waals surface area contributed by atoms with Crippen molar-refractivity contribution < 1.29 is 21.9 Å². The summed E-state index contributed by atoms with van der Waals surface area (Å²) in [5.74, 6) is -0.631. The van der Waals surface area contributed by atoms with Crippen LogP contribution in [0.2, 0.25) is 0 Å². The molecule has 0 aliphatic rings. The zero-order chi connectivity index (χ0) is 28.1. The van der Waals surface area contributed by atoms with Crippen LogP contribution in [-0.2, 0) is 25.0 Å². The van der Waals surface area contributed by atoms with E-state index in [0.717, 1.165) is 21.5 Å². The fraction of sp³-hybridized carbons (Fsp3) is 0.0606. The maximum atomic E-state index is 14.5. The normalized spacial score (nSPS) is 12.7. The van der Waals surface area contributed by atoms with Gasteiger partial charge in [0.2, 0.25) is 0 Å². The molecule has 0 fully saturated rings. The van der Waals surface area contributed by atoms with Gasteiger partial charge in [0.25, 0.3) is 0 Å². The van der Waals surface area contributed by atoms with Crippen LogP contribution in [0, 0.1) is 0 Å². The van der Waals surface area contributed by atoms with Crippen molar-refractivity contribution in [2.24, 2.45) is 0 Å². The summed E-state index contributed by atoms with van der Waals surface area (Å²) in [6.07, 6.45) is 0.292. The molecule has 0 saturated heterocycles. The van der Waals surface area contributed by atoms with E-state index in [4.69, 9.17) is 8.71 Å². The van der Waals surface area contributed by atoms with Crippen LogP contribution in [0.3, 0.4) is 0 Å². The molecule has 0 aliphatic carbocycles. The van der Waals surface area contributed by atoms with E-state index >= 15 is 0 Å². The Morgan fingerprint density at radius 3 is 1.52 bits per heavy atom. The number of hydrogen-bond acceptors (Lipinski definition) is 5. The van der Waals surface area contributed by atoms with Gasteiger partial charge >= 0.3 is 236 Å². The van der Waals surface area contributed by atoms with E-state index in [9.17, 15) is 13.2 Å². The average Bonchev–Trinajstić information content (AvgIpc) is 3.02. The van der Waals surface area contributed by atoms with Crippen LogP contribution in [0.5, 0.6) is 0 Å². The van der Waals surface area contributed by atoms with Crippen molar-refractivity contribution in [2.75, 3.05) is 7.11 Å². The molecule has 0 N–H and O–H groups in total. The first kappa shape index (κ1) is 27.5. The van der Waals surface area contributed by atoms with Crippen LogP contribution in [0.15, 0.2) is 150 Å². The third kappa shape index (κ3) is 4.86. The van der Waals surface area contributed by atoms with Crippen LogP contribution >= 0.6 is 6.83 Å². The molecule has 0 saturated carbocycles. The molecule has 7 heteroatoms. The van der Waals surface area contributed by atoms with E-state index in [1.807, 2.05) is 121 Å². The van der Waals surface area contributed by atoms with E-state index in [-0.39, 0.29) is 10.5 Å². The third-order valence-electron chi connectivity index (χ3n) is 7.04. The van der Waals surface area contributed by atoms with Gasteiger partial charge in [-0.15, -0.1) is 0 Å². The number of carbonyl (C=O) groups excluding carboxylic acids is 1. The summed E-state index contributed by atoms with van der Waals surface area (Å²) in [5.41, 5.74) is 1.05. The predicted octanol–water partition coefficient (Wildman–Crippen LogP) is 5.82. The topological polar surface area (TPSA) is 69.7 Å². The second-order valence-electron chi connectivity index (χ2n) is 9.41. The average molecular weight is 569 g/mol. The van der Waals surface area contributed by atoms with Crippen LogP contribution in [-0.4, -0.2) is 21.5 Å². The van der Waals surface area contributed by atoms with Crippen molar-refractivity contribution in [3.05, 3.63) is 157 Å². The molecule has 0 amide bonds. The number of ether oxygens (including phenoxy) is 1. The van der Waals surface area contributed by atoms with E-state index in [0.29, 0.717) is 6.16 Å². The van der Waals surface area contributed by atoms with Gasteiger partial charge in [-0.05, 0) is 0 Å². The van der Waals surface area contributed by atoms with Crippen molar-refractivity contribution in [3.8, 4) is 0 Å². The number of benzene rings is 5. The van der Waals surface area contributed by atoms with Gasteiger partial charge in [0.1, 0.15) is 0 Å². The summed E-state index contributed by atoms with van der Waals surface area (Å²) in [6, 6.07) is 44.4. The van der Waals surface area contributed by atoms with Gasteiger partial charge in [-0.3, -0.25) is 0 Å². The van der Waals surface area contributed by atoms with Gasteiger partial charge < -0.3 is 0 Å². The molecule has 0 unspecified atom stereocenters. The summed E-state index contributed by atoms with van der Waals surface area (Å²) in [5, 5.41) is 2.30. The molecule has 5 rings (SSSR count). The summed E-state index contributed by atoms with van der Waals surface area (Å²) in [4.78, 5) is 12.2. The number of hydrogen-bond donors (Lipinski definition) is 0. The molecule has 0 spiro atoms. The fourth-order valence-electron chi connectivity index (χ4n) is 5.19. The SMILES string of the molecule is COC(=O)c1cccc(S(=O)(=O)OP(Cc2ccccc2)(c2ccccc2)(c2ccccc2)c2ccccc2)c1. The zero-order valence-corrected chi connectivity index (χ0v) is 23.7. The maximum absolute atomic E-state index is 14.5. The molecule has 0 radical (unpaired) electrons. The minimum absolute atomic E-state index is 0.120. The molecule has 5 aromatic carbocycles. The van der Waals surface area contributed by atoms with Gasteiger partial charge in [0.15, 0.2) is 0 Å². The minimum atomic E-state index is -4.45. The first-order chi connectivity index (χ1) is 19.4. The summed E-state index contributed by atoms with van der Waals surface area (Å²) >= 11 is 0. The monoisotopic (exact) mass is 568 g/mol. The number of methoxy groups -OCH3 is 1. The predicted molar refractivity (Wildman–Crippen MR) is 161 cm³/mol. The second-order valence-corrected chi connectivity index (χ2v) is 15.7. The van der Waals surface area contributed by atoms with Crippen LogP contribution in [0.25, 0.3) is 0 Å². The molecular formula is C33H29O5PS. The summed E-state index contributed by atoms with van der Waals surface area (Å²) < 4.78 is 40.7. The molecule has 202 valence electrons. The number of carbonyl (C=O) groups is 1. The molecule has 5 nitrogen and oxygen atoms in total. The summed E-state index contributed by atoms with van der Waals surface area (Å²) in [7, 11) is -3.20. The fourth-order valence-corrected chi connectivity index (χ4v) is 13.8. The quantitative estimate of drug-likeness (QED) is 0.166. The Morgan fingerprint density at radius 1 is 0.625 bits per heavy atom. The molecule has 0 aromatic heterocycles. The van der Waals surface area contributed by atoms with Crippen molar-refractivity contribution >= 4 is 38.8 Å². The Bertz CT molecular complexity index is 1610. The van der Waals surface area contributed by atoms with Gasteiger partial charge in [-0.2, -0.15) is 0 Å². The van der Waals surface area contributed by atoms with Crippen molar-refractivity contribution in [3.63, 3.8) is 0 Å². The Hall–Kier alpha value is -4.09. The Kier molecular flexibility index (Phi) is 7.68. The number of rotatable bonds is 9. The molecule has 0 atom stereocenters. The Labute approximate surface area is 235 Å². The summed E-state index contributed by atoms with van der Waals surface area (Å²) in [6.45, 7) is -4.33. The zero-order valence-electron chi connectivity index (χ0n) is 22.0. The molecule has 0 aliphatic heterocycles. The van der Waals surface area contributed by atoms with E-state index in [1.54, 1.807) is 0 Å². The first-order valence-corrected chi connectivity index (χ1v) is 16.5. The van der Waals surface area contributed by atoms with Crippen LogP contribution in [0.4, 0.5) is 0 Å². The molecule has 5 aromatic rings. The van der Waals surface area contributed by atoms with Crippen LogP contribution in [0.1, 0.15) is 15.9 Å². The number of esters is 1. The Morgan fingerprint density at radius 2 is 1.07 bits per heavy atom. The van der Waals surface area contributed by atoms with E-state index in [1.165, 1.54) is 31.4 Å². The van der Waals surface area contributed by atoms with E-state index < -0.39 is 22.9 Å². The van der Waals surface area contributed by atoms with Crippen molar-refractivity contribution in [2.45, 2.75) is 11.1 Å². The molecule has 40 heavy (non-hydrogen) atoms. The van der Waals surface area contributed by atoms with Gasteiger partial charge in [0.05, 0.1) is 0 Å². The third-order valence-corrected chi connectivity index (χ3v) is 15.1. The van der Waals surface area contributed by atoms with Gasteiger partial charge in [0, 0.05) is 0 Å². The molecule has 0 bridgehead atoms.